The lowest BCUT2D eigenvalue weighted by molar-refractivity contribution is -0.123. The number of benzene rings is 2. The van der Waals surface area contributed by atoms with Crippen molar-refractivity contribution in [3.63, 3.8) is 0 Å². The van der Waals surface area contributed by atoms with Gasteiger partial charge in [-0.05, 0) is 72.0 Å². The molecule has 1 amide bonds. The number of hydrogen-bond acceptors (Lipinski definition) is 5. The van der Waals surface area contributed by atoms with Gasteiger partial charge in [-0.2, -0.15) is 5.10 Å². The van der Waals surface area contributed by atoms with Crippen LogP contribution in [-0.4, -0.2) is 32.4 Å². The van der Waals surface area contributed by atoms with Crippen LogP contribution in [0.15, 0.2) is 47.6 Å². The molecule has 0 spiro atoms. The fourth-order valence-electron chi connectivity index (χ4n) is 1.93. The van der Waals surface area contributed by atoms with E-state index in [-0.39, 0.29) is 12.5 Å². The van der Waals surface area contributed by atoms with Gasteiger partial charge in [0.25, 0.3) is 5.91 Å². The van der Waals surface area contributed by atoms with Crippen LogP contribution in [0.25, 0.3) is 0 Å². The van der Waals surface area contributed by atoms with Crippen molar-refractivity contribution < 1.29 is 19.0 Å². The summed E-state index contributed by atoms with van der Waals surface area (Å²) in [6.45, 7) is 2.31. The molecule has 0 unspecified atom stereocenters. The molecule has 7 heteroatoms. The van der Waals surface area contributed by atoms with E-state index in [1.54, 1.807) is 25.3 Å². The molecule has 25 heavy (non-hydrogen) atoms. The van der Waals surface area contributed by atoms with Gasteiger partial charge in [0, 0.05) is 9.13 Å². The number of halogens is 1. The average molecular weight is 454 g/mol. The summed E-state index contributed by atoms with van der Waals surface area (Å²) in [7, 11) is 1.58. The van der Waals surface area contributed by atoms with Gasteiger partial charge >= 0.3 is 0 Å². The second-order valence-corrected chi connectivity index (χ2v) is 6.12. The summed E-state index contributed by atoms with van der Waals surface area (Å²) in [5.74, 6) is 1.62. The molecule has 2 aromatic rings. The Morgan fingerprint density at radius 1 is 1.16 bits per heavy atom. The Morgan fingerprint density at radius 2 is 1.88 bits per heavy atom. The largest absolute Gasteiger partial charge is 0.497 e. The van der Waals surface area contributed by atoms with Crippen molar-refractivity contribution in [2.45, 2.75) is 6.92 Å². The van der Waals surface area contributed by atoms with E-state index in [1.165, 1.54) is 6.21 Å². The number of ether oxygens (including phenoxy) is 3. The molecule has 0 saturated carbocycles. The summed E-state index contributed by atoms with van der Waals surface area (Å²) in [4.78, 5) is 11.8. The van der Waals surface area contributed by atoms with E-state index >= 15 is 0 Å². The Hall–Kier alpha value is -2.29. The van der Waals surface area contributed by atoms with Crippen LogP contribution in [0.4, 0.5) is 0 Å². The number of hydrazone groups is 1. The first-order valence-corrected chi connectivity index (χ1v) is 8.71. The molecule has 0 aromatic heterocycles. The molecular formula is C18H19IN2O4. The molecule has 0 aliphatic heterocycles. The Labute approximate surface area is 160 Å². The molecule has 2 rings (SSSR count). The summed E-state index contributed by atoms with van der Waals surface area (Å²) in [5, 5.41) is 3.94. The van der Waals surface area contributed by atoms with Gasteiger partial charge < -0.3 is 14.2 Å². The minimum atomic E-state index is -0.351. The van der Waals surface area contributed by atoms with Crippen LogP contribution in [0.2, 0.25) is 0 Å². The van der Waals surface area contributed by atoms with E-state index in [0.29, 0.717) is 29.4 Å². The van der Waals surface area contributed by atoms with Gasteiger partial charge in [0.1, 0.15) is 17.2 Å². The average Bonchev–Trinajstić information content (AvgIpc) is 2.62. The molecule has 6 nitrogen and oxygen atoms in total. The van der Waals surface area contributed by atoms with Crippen molar-refractivity contribution in [2.24, 2.45) is 5.10 Å². The minimum absolute atomic E-state index is 0.117. The van der Waals surface area contributed by atoms with Gasteiger partial charge in [0.15, 0.2) is 6.61 Å². The lowest BCUT2D eigenvalue weighted by Crippen LogP contribution is -2.24. The minimum Gasteiger partial charge on any atom is -0.497 e. The Morgan fingerprint density at radius 3 is 2.56 bits per heavy atom. The fraction of sp³-hybridized carbons (Fsp3) is 0.222. The van der Waals surface area contributed by atoms with Crippen molar-refractivity contribution in [3.05, 3.63) is 51.6 Å². The van der Waals surface area contributed by atoms with Crippen molar-refractivity contribution in [1.29, 1.82) is 0 Å². The molecule has 132 valence electrons. The third-order valence-electron chi connectivity index (χ3n) is 3.09. The normalized spacial score (nSPS) is 10.5. The number of hydrogen-bond donors (Lipinski definition) is 1. The highest BCUT2D eigenvalue weighted by Gasteiger charge is 2.05. The van der Waals surface area contributed by atoms with Gasteiger partial charge in [0.05, 0.1) is 19.9 Å². The molecule has 2 aromatic carbocycles. The van der Waals surface area contributed by atoms with Gasteiger partial charge in [-0.25, -0.2) is 5.43 Å². The maximum Gasteiger partial charge on any atom is 0.277 e. The highest BCUT2D eigenvalue weighted by Crippen LogP contribution is 2.22. The van der Waals surface area contributed by atoms with E-state index in [9.17, 15) is 4.79 Å². The number of amides is 1. The SMILES string of the molecule is CCOc1ccc(OC)cc1/C=N/NC(=O)COc1ccc(I)cc1. The number of carbonyl (C=O) groups excluding carboxylic acids is 1. The monoisotopic (exact) mass is 454 g/mol. The molecule has 0 bridgehead atoms. The van der Waals surface area contributed by atoms with Crippen LogP contribution in [0.5, 0.6) is 17.2 Å². The van der Waals surface area contributed by atoms with Crippen LogP contribution in [0.3, 0.4) is 0 Å². The summed E-state index contributed by atoms with van der Waals surface area (Å²) < 4.78 is 17.2. The standard InChI is InChI=1S/C18H19IN2O4/c1-3-24-17-9-8-16(23-2)10-13(17)11-20-21-18(22)12-25-15-6-4-14(19)5-7-15/h4-11H,3,12H2,1-2H3,(H,21,22)/b20-11+. The van der Waals surface area contributed by atoms with Crippen molar-refractivity contribution >= 4 is 34.7 Å². The third-order valence-corrected chi connectivity index (χ3v) is 3.81. The first-order valence-electron chi connectivity index (χ1n) is 7.63. The third kappa shape index (κ3) is 6.26. The van der Waals surface area contributed by atoms with Crippen molar-refractivity contribution in [1.82, 2.24) is 5.43 Å². The zero-order valence-electron chi connectivity index (χ0n) is 14.0. The molecule has 1 N–H and O–H groups in total. The summed E-state index contributed by atoms with van der Waals surface area (Å²) >= 11 is 2.20. The molecular weight excluding hydrogens is 435 g/mol. The van der Waals surface area contributed by atoms with E-state index < -0.39 is 0 Å². The van der Waals surface area contributed by atoms with Crippen LogP contribution in [0, 0.1) is 3.57 Å². The van der Waals surface area contributed by atoms with Crippen LogP contribution in [0.1, 0.15) is 12.5 Å². The molecule has 0 saturated heterocycles. The van der Waals surface area contributed by atoms with Crippen LogP contribution >= 0.6 is 22.6 Å². The highest BCUT2D eigenvalue weighted by atomic mass is 127. The predicted molar refractivity (Wildman–Crippen MR) is 105 cm³/mol. The van der Waals surface area contributed by atoms with E-state index in [1.807, 2.05) is 31.2 Å². The van der Waals surface area contributed by atoms with E-state index in [4.69, 9.17) is 14.2 Å². The van der Waals surface area contributed by atoms with Crippen molar-refractivity contribution in [3.8, 4) is 17.2 Å². The Kier molecular flexibility index (Phi) is 7.52. The second kappa shape index (κ2) is 9.87. The van der Waals surface area contributed by atoms with E-state index in [0.717, 1.165) is 3.57 Å². The first kappa shape index (κ1) is 19.0. The maximum atomic E-state index is 11.8. The van der Waals surface area contributed by atoms with Gasteiger partial charge in [-0.15, -0.1) is 0 Å². The van der Waals surface area contributed by atoms with Crippen molar-refractivity contribution in [2.75, 3.05) is 20.3 Å². The topological polar surface area (TPSA) is 69.2 Å². The maximum absolute atomic E-state index is 11.8. The Bertz CT molecular complexity index is 732. The lowest BCUT2D eigenvalue weighted by atomic mass is 10.2. The quantitative estimate of drug-likeness (QED) is 0.378. The second-order valence-electron chi connectivity index (χ2n) is 4.87. The molecule has 0 aliphatic rings. The van der Waals surface area contributed by atoms with Crippen LogP contribution < -0.4 is 19.6 Å². The first-order chi connectivity index (χ1) is 12.1. The Balaban J connectivity index is 1.91. The molecule has 0 radical (unpaired) electrons. The summed E-state index contributed by atoms with van der Waals surface area (Å²) in [6, 6.07) is 12.8. The number of carbonyl (C=O) groups is 1. The van der Waals surface area contributed by atoms with Gasteiger partial charge in [-0.3, -0.25) is 4.79 Å². The number of nitrogens with one attached hydrogen (secondary N) is 1. The van der Waals surface area contributed by atoms with E-state index in [2.05, 4.69) is 33.1 Å². The zero-order chi connectivity index (χ0) is 18.1. The summed E-state index contributed by atoms with van der Waals surface area (Å²) in [5.41, 5.74) is 3.14. The summed E-state index contributed by atoms with van der Waals surface area (Å²) in [6.07, 6.45) is 1.51. The van der Waals surface area contributed by atoms with Crippen LogP contribution in [-0.2, 0) is 4.79 Å². The molecule has 0 aliphatic carbocycles. The fourth-order valence-corrected chi connectivity index (χ4v) is 2.29. The predicted octanol–water partition coefficient (Wildman–Crippen LogP) is 3.23. The number of nitrogens with zero attached hydrogens (tertiary/aromatic N) is 1. The smallest absolute Gasteiger partial charge is 0.277 e. The molecule has 0 heterocycles. The highest BCUT2D eigenvalue weighted by molar-refractivity contribution is 14.1. The zero-order valence-corrected chi connectivity index (χ0v) is 16.1. The lowest BCUT2D eigenvalue weighted by Gasteiger charge is -2.09. The molecule has 0 fully saturated rings. The number of rotatable bonds is 8. The molecule has 0 atom stereocenters. The van der Waals surface area contributed by atoms with Gasteiger partial charge in [0.2, 0.25) is 0 Å². The number of methoxy groups -OCH3 is 1. The van der Waals surface area contributed by atoms with Gasteiger partial charge in [-0.1, -0.05) is 0 Å².